The maximum atomic E-state index is 10.8. The standard InChI is InChI=1S/C10H24N2O3S/c1-4-10(2)12(7-8-15-3)6-5-9-16(11,13)14/h10H,4-9H2,1-3H3,(H2,11,13,14). The highest BCUT2D eigenvalue weighted by atomic mass is 32.2. The molecule has 0 aliphatic rings. The molecule has 0 amide bonds. The molecule has 0 saturated heterocycles. The molecule has 0 aromatic heterocycles. The van der Waals surface area contributed by atoms with Gasteiger partial charge in [-0.3, -0.25) is 4.90 Å². The Morgan fingerprint density at radius 1 is 1.38 bits per heavy atom. The van der Waals surface area contributed by atoms with Gasteiger partial charge < -0.3 is 4.74 Å². The van der Waals surface area contributed by atoms with Gasteiger partial charge in [0, 0.05) is 19.7 Å². The minimum Gasteiger partial charge on any atom is -0.383 e. The highest BCUT2D eigenvalue weighted by molar-refractivity contribution is 7.89. The molecule has 0 spiro atoms. The van der Waals surface area contributed by atoms with Gasteiger partial charge in [-0.1, -0.05) is 6.92 Å². The highest BCUT2D eigenvalue weighted by Gasteiger charge is 2.12. The second kappa shape index (κ2) is 8.00. The van der Waals surface area contributed by atoms with E-state index in [0.29, 0.717) is 19.1 Å². The van der Waals surface area contributed by atoms with Gasteiger partial charge in [0.1, 0.15) is 0 Å². The van der Waals surface area contributed by atoms with Crippen molar-refractivity contribution in [3.63, 3.8) is 0 Å². The number of hydrogen-bond acceptors (Lipinski definition) is 4. The van der Waals surface area contributed by atoms with Crippen LogP contribution in [0.1, 0.15) is 26.7 Å². The van der Waals surface area contributed by atoms with Gasteiger partial charge in [-0.2, -0.15) is 0 Å². The van der Waals surface area contributed by atoms with Crippen molar-refractivity contribution in [2.75, 3.05) is 32.6 Å². The number of primary sulfonamides is 1. The van der Waals surface area contributed by atoms with Gasteiger partial charge in [0.05, 0.1) is 12.4 Å². The van der Waals surface area contributed by atoms with E-state index in [1.54, 1.807) is 7.11 Å². The van der Waals surface area contributed by atoms with E-state index in [9.17, 15) is 8.42 Å². The molecule has 1 atom stereocenters. The summed E-state index contributed by atoms with van der Waals surface area (Å²) in [6, 6.07) is 0.440. The van der Waals surface area contributed by atoms with Gasteiger partial charge in [-0.15, -0.1) is 0 Å². The Morgan fingerprint density at radius 2 is 2.00 bits per heavy atom. The van der Waals surface area contributed by atoms with E-state index >= 15 is 0 Å². The van der Waals surface area contributed by atoms with Crippen LogP contribution in [0.4, 0.5) is 0 Å². The quantitative estimate of drug-likeness (QED) is 0.645. The molecule has 0 aromatic rings. The van der Waals surface area contributed by atoms with E-state index in [0.717, 1.165) is 19.5 Å². The fourth-order valence-corrected chi connectivity index (χ4v) is 2.02. The van der Waals surface area contributed by atoms with Gasteiger partial charge in [0.15, 0.2) is 0 Å². The molecule has 0 heterocycles. The molecule has 0 aliphatic carbocycles. The van der Waals surface area contributed by atoms with Crippen molar-refractivity contribution >= 4 is 10.0 Å². The lowest BCUT2D eigenvalue weighted by atomic mass is 10.2. The van der Waals surface area contributed by atoms with Crippen LogP contribution in [0.5, 0.6) is 0 Å². The van der Waals surface area contributed by atoms with Crippen molar-refractivity contribution in [3.05, 3.63) is 0 Å². The Kier molecular flexibility index (Phi) is 7.91. The maximum Gasteiger partial charge on any atom is 0.209 e. The Hall–Kier alpha value is -0.170. The van der Waals surface area contributed by atoms with Crippen molar-refractivity contribution in [2.45, 2.75) is 32.7 Å². The van der Waals surface area contributed by atoms with E-state index in [2.05, 4.69) is 18.7 Å². The Labute approximate surface area is 99.0 Å². The molecule has 5 nitrogen and oxygen atoms in total. The summed E-state index contributed by atoms with van der Waals surface area (Å²) >= 11 is 0. The normalized spacial score (nSPS) is 14.3. The highest BCUT2D eigenvalue weighted by Crippen LogP contribution is 2.04. The third-order valence-corrected chi connectivity index (χ3v) is 3.53. The third kappa shape index (κ3) is 8.04. The summed E-state index contributed by atoms with van der Waals surface area (Å²) in [5.41, 5.74) is 0. The zero-order chi connectivity index (χ0) is 12.6. The first-order valence-corrected chi connectivity index (χ1v) is 7.35. The summed E-state index contributed by atoms with van der Waals surface area (Å²) in [6.45, 7) is 6.49. The molecule has 1 unspecified atom stereocenters. The monoisotopic (exact) mass is 252 g/mol. The summed E-state index contributed by atoms with van der Waals surface area (Å²) in [5.74, 6) is 0.0485. The number of nitrogens with two attached hydrogens (primary N) is 1. The third-order valence-electron chi connectivity index (χ3n) is 2.67. The molecule has 0 fully saturated rings. The van der Waals surface area contributed by atoms with E-state index in [4.69, 9.17) is 9.88 Å². The average Bonchev–Trinajstić information content (AvgIpc) is 2.20. The SMILES string of the molecule is CCC(C)N(CCCS(N)(=O)=O)CCOC. The average molecular weight is 252 g/mol. The minimum atomic E-state index is -3.33. The number of nitrogens with zero attached hydrogens (tertiary/aromatic N) is 1. The molecule has 98 valence electrons. The molecule has 2 N–H and O–H groups in total. The summed E-state index contributed by atoms with van der Waals surface area (Å²) in [5, 5.41) is 4.96. The molecular weight excluding hydrogens is 228 g/mol. The van der Waals surface area contributed by atoms with Crippen LogP contribution in [0.3, 0.4) is 0 Å². The summed E-state index contributed by atoms with van der Waals surface area (Å²) in [7, 11) is -1.66. The van der Waals surface area contributed by atoms with Crippen molar-refractivity contribution in [2.24, 2.45) is 5.14 Å². The number of sulfonamides is 1. The van der Waals surface area contributed by atoms with Crippen LogP contribution in [-0.2, 0) is 14.8 Å². The first-order chi connectivity index (χ1) is 7.40. The van der Waals surface area contributed by atoms with E-state index in [-0.39, 0.29) is 5.75 Å². The molecule has 16 heavy (non-hydrogen) atoms. The summed E-state index contributed by atoms with van der Waals surface area (Å²) in [4.78, 5) is 2.23. The van der Waals surface area contributed by atoms with E-state index < -0.39 is 10.0 Å². The fraction of sp³-hybridized carbons (Fsp3) is 1.00. The zero-order valence-electron chi connectivity index (χ0n) is 10.5. The summed E-state index contributed by atoms with van der Waals surface area (Å²) in [6.07, 6.45) is 1.62. The Bertz CT molecular complexity index is 267. The topological polar surface area (TPSA) is 72.6 Å². The maximum absolute atomic E-state index is 10.8. The second-order valence-electron chi connectivity index (χ2n) is 4.01. The number of rotatable bonds is 9. The molecule has 0 aromatic carbocycles. The van der Waals surface area contributed by atoms with E-state index in [1.807, 2.05) is 0 Å². The molecule has 0 bridgehead atoms. The first kappa shape index (κ1) is 15.8. The van der Waals surface area contributed by atoms with Crippen LogP contribution in [0, 0.1) is 0 Å². The predicted molar refractivity (Wildman–Crippen MR) is 65.8 cm³/mol. The van der Waals surface area contributed by atoms with Gasteiger partial charge in [0.2, 0.25) is 10.0 Å². The Balaban J connectivity index is 4.01. The van der Waals surface area contributed by atoms with E-state index in [1.165, 1.54) is 0 Å². The van der Waals surface area contributed by atoms with Crippen LogP contribution < -0.4 is 5.14 Å². The van der Waals surface area contributed by atoms with Gasteiger partial charge in [-0.25, -0.2) is 13.6 Å². The smallest absolute Gasteiger partial charge is 0.209 e. The first-order valence-electron chi connectivity index (χ1n) is 5.64. The van der Waals surface area contributed by atoms with Gasteiger partial charge in [0.25, 0.3) is 0 Å². The second-order valence-corrected chi connectivity index (χ2v) is 5.74. The van der Waals surface area contributed by atoms with Gasteiger partial charge >= 0.3 is 0 Å². The van der Waals surface area contributed by atoms with Crippen LogP contribution >= 0.6 is 0 Å². The van der Waals surface area contributed by atoms with Crippen LogP contribution in [-0.4, -0.2) is 51.9 Å². The van der Waals surface area contributed by atoms with Crippen molar-refractivity contribution < 1.29 is 13.2 Å². The van der Waals surface area contributed by atoms with Crippen molar-refractivity contribution in [1.82, 2.24) is 4.90 Å². The fourth-order valence-electron chi connectivity index (χ4n) is 1.49. The van der Waals surface area contributed by atoms with Crippen LogP contribution in [0.2, 0.25) is 0 Å². The predicted octanol–water partition coefficient (Wildman–Crippen LogP) is 0.412. The lowest BCUT2D eigenvalue weighted by Gasteiger charge is -2.27. The number of methoxy groups -OCH3 is 1. The Morgan fingerprint density at radius 3 is 2.44 bits per heavy atom. The molecular formula is C10H24N2O3S. The molecule has 6 heteroatoms. The number of hydrogen-bond donors (Lipinski definition) is 1. The molecule has 0 saturated carbocycles. The van der Waals surface area contributed by atoms with Crippen LogP contribution in [0.25, 0.3) is 0 Å². The zero-order valence-corrected chi connectivity index (χ0v) is 11.3. The molecule has 0 rings (SSSR count). The lowest BCUT2D eigenvalue weighted by Crippen LogP contribution is -2.37. The molecule has 0 aliphatic heterocycles. The van der Waals surface area contributed by atoms with Crippen molar-refractivity contribution in [3.8, 4) is 0 Å². The number of ether oxygens (including phenoxy) is 1. The summed E-state index contributed by atoms with van der Waals surface area (Å²) < 4.78 is 26.6. The van der Waals surface area contributed by atoms with Crippen molar-refractivity contribution in [1.29, 1.82) is 0 Å². The van der Waals surface area contributed by atoms with Gasteiger partial charge in [-0.05, 0) is 26.3 Å². The minimum absolute atomic E-state index is 0.0485. The largest absolute Gasteiger partial charge is 0.383 e. The van der Waals surface area contributed by atoms with Crippen LogP contribution in [0.15, 0.2) is 0 Å². The lowest BCUT2D eigenvalue weighted by molar-refractivity contribution is 0.123. The molecule has 0 radical (unpaired) electrons.